The van der Waals surface area contributed by atoms with E-state index in [2.05, 4.69) is 10.1 Å². The van der Waals surface area contributed by atoms with Gasteiger partial charge in [-0.15, -0.1) is 5.10 Å². The van der Waals surface area contributed by atoms with Crippen LogP contribution in [0.1, 0.15) is 17.0 Å². The van der Waals surface area contributed by atoms with Gasteiger partial charge in [-0.05, 0) is 47.5 Å². The fraction of sp³-hybridized carbons (Fsp3) is 0. The molecule has 0 spiro atoms. The van der Waals surface area contributed by atoms with E-state index in [1.54, 1.807) is 42.5 Å². The predicted octanol–water partition coefficient (Wildman–Crippen LogP) is 3.66. The Bertz CT molecular complexity index is 1230. The lowest BCUT2D eigenvalue weighted by Gasteiger charge is -1.92. The highest BCUT2D eigenvalue weighted by Crippen LogP contribution is 2.12. The number of hydrogen-bond donors (Lipinski definition) is 0. The van der Waals surface area contributed by atoms with Crippen LogP contribution in [-0.4, -0.2) is 14.6 Å². The summed E-state index contributed by atoms with van der Waals surface area (Å²) in [5.41, 5.74) is 1.44. The van der Waals surface area contributed by atoms with Gasteiger partial charge in [0, 0.05) is 5.02 Å². The highest BCUT2D eigenvalue weighted by molar-refractivity contribution is 7.15. The summed E-state index contributed by atoms with van der Waals surface area (Å²) in [7, 11) is 0. The minimum absolute atomic E-state index is 0.223. The highest BCUT2D eigenvalue weighted by atomic mass is 35.5. The van der Waals surface area contributed by atoms with E-state index in [4.69, 9.17) is 11.6 Å². The predicted molar refractivity (Wildman–Crippen MR) is 103 cm³/mol. The summed E-state index contributed by atoms with van der Waals surface area (Å²) >= 11 is 7.23. The maximum Gasteiger partial charge on any atom is 0.291 e. The molecule has 0 fully saturated rings. The van der Waals surface area contributed by atoms with Crippen molar-refractivity contribution < 1.29 is 4.39 Å². The van der Waals surface area contributed by atoms with Gasteiger partial charge in [0.1, 0.15) is 5.82 Å². The molecule has 0 saturated carbocycles. The molecule has 0 aliphatic carbocycles. The zero-order valence-corrected chi connectivity index (χ0v) is 14.8. The molecule has 0 atom stereocenters. The molecule has 0 saturated heterocycles. The molecule has 4 aromatic rings. The Kier molecular flexibility index (Phi) is 4.36. The molecule has 0 N–H and O–H groups in total. The zero-order valence-electron chi connectivity index (χ0n) is 13.3. The van der Waals surface area contributed by atoms with Crippen LogP contribution in [0.3, 0.4) is 0 Å². The van der Waals surface area contributed by atoms with Crippen molar-refractivity contribution in [2.75, 3.05) is 0 Å². The van der Waals surface area contributed by atoms with E-state index < -0.39 is 0 Å². The van der Waals surface area contributed by atoms with Crippen molar-refractivity contribution in [3.05, 3.63) is 91.2 Å². The number of hydrogen-bond acceptors (Lipinski definition) is 4. The number of nitrogens with zero attached hydrogens (tertiary/aromatic N) is 3. The first-order valence-corrected chi connectivity index (χ1v) is 8.88. The van der Waals surface area contributed by atoms with E-state index >= 15 is 0 Å². The standard InChI is InChI=1S/C19H11ClFN3OS/c20-14-3-1-2-13(10-14)11-16-18(25)24-19(26-16)22-17(23-24)9-6-12-4-7-15(21)8-5-12/h1-11H/b9-6+,16-11+. The average molecular weight is 384 g/mol. The van der Waals surface area contributed by atoms with Crippen LogP contribution in [0, 0.1) is 5.82 Å². The van der Waals surface area contributed by atoms with Gasteiger partial charge in [-0.2, -0.15) is 9.50 Å². The second kappa shape index (κ2) is 6.82. The number of thiazole rings is 1. The topological polar surface area (TPSA) is 47.3 Å². The summed E-state index contributed by atoms with van der Waals surface area (Å²) in [5.74, 6) is 0.134. The van der Waals surface area contributed by atoms with Crippen molar-refractivity contribution >= 4 is 46.1 Å². The third kappa shape index (κ3) is 3.42. The molecule has 128 valence electrons. The summed E-state index contributed by atoms with van der Waals surface area (Å²) < 4.78 is 14.7. The Morgan fingerprint density at radius 3 is 2.62 bits per heavy atom. The maximum absolute atomic E-state index is 12.9. The third-order valence-electron chi connectivity index (χ3n) is 3.64. The van der Waals surface area contributed by atoms with E-state index in [0.717, 1.165) is 11.1 Å². The molecule has 7 heteroatoms. The highest BCUT2D eigenvalue weighted by Gasteiger charge is 2.08. The van der Waals surface area contributed by atoms with Crippen LogP contribution in [0.5, 0.6) is 0 Å². The first kappa shape index (κ1) is 16.6. The van der Waals surface area contributed by atoms with Gasteiger partial charge in [-0.25, -0.2) is 4.39 Å². The van der Waals surface area contributed by atoms with Crippen LogP contribution in [0.25, 0.3) is 23.2 Å². The van der Waals surface area contributed by atoms with Crippen LogP contribution in [0.4, 0.5) is 4.39 Å². The Morgan fingerprint density at radius 2 is 1.88 bits per heavy atom. The Morgan fingerprint density at radius 1 is 1.08 bits per heavy atom. The third-order valence-corrected chi connectivity index (χ3v) is 4.83. The van der Waals surface area contributed by atoms with Gasteiger partial charge in [0.25, 0.3) is 5.56 Å². The van der Waals surface area contributed by atoms with Crippen LogP contribution >= 0.6 is 22.9 Å². The van der Waals surface area contributed by atoms with E-state index in [1.165, 1.54) is 28.0 Å². The Labute approximate surface area is 156 Å². The SMILES string of the molecule is O=c1/c(=C\c2cccc(Cl)c2)sc2nc(/C=C/c3ccc(F)cc3)nn12. The summed E-state index contributed by atoms with van der Waals surface area (Å²) in [6, 6.07) is 13.3. The van der Waals surface area contributed by atoms with Crippen molar-refractivity contribution in [2.24, 2.45) is 0 Å². The largest absolute Gasteiger partial charge is 0.291 e. The number of halogens is 2. The average Bonchev–Trinajstić information content (AvgIpc) is 3.14. The molecular weight excluding hydrogens is 373 g/mol. The van der Waals surface area contributed by atoms with Gasteiger partial charge >= 0.3 is 0 Å². The molecule has 4 nitrogen and oxygen atoms in total. The molecule has 4 rings (SSSR count). The monoisotopic (exact) mass is 383 g/mol. The molecule has 2 aromatic carbocycles. The molecule has 2 aromatic heterocycles. The van der Waals surface area contributed by atoms with E-state index in [1.807, 2.05) is 12.1 Å². The van der Waals surface area contributed by atoms with Crippen molar-refractivity contribution in [3.8, 4) is 0 Å². The van der Waals surface area contributed by atoms with Crippen molar-refractivity contribution in [2.45, 2.75) is 0 Å². The van der Waals surface area contributed by atoms with E-state index in [9.17, 15) is 9.18 Å². The summed E-state index contributed by atoms with van der Waals surface area (Å²) in [4.78, 5) is 17.3. The Hall–Kier alpha value is -2.83. The fourth-order valence-corrected chi connectivity index (χ4v) is 3.53. The number of rotatable bonds is 3. The van der Waals surface area contributed by atoms with Crippen LogP contribution in [0.2, 0.25) is 5.02 Å². The summed E-state index contributed by atoms with van der Waals surface area (Å²) in [6.07, 6.45) is 5.22. The number of fused-ring (bicyclic) bond motifs is 1. The van der Waals surface area contributed by atoms with Crippen LogP contribution < -0.4 is 10.1 Å². The molecular formula is C19H11ClFN3OS. The molecule has 26 heavy (non-hydrogen) atoms. The molecule has 0 aliphatic heterocycles. The maximum atomic E-state index is 12.9. The first-order valence-electron chi connectivity index (χ1n) is 7.69. The minimum Gasteiger partial charge on any atom is -0.266 e. The minimum atomic E-state index is -0.290. The normalized spacial score (nSPS) is 12.5. The lowest BCUT2D eigenvalue weighted by atomic mass is 10.2. The van der Waals surface area contributed by atoms with Gasteiger partial charge in [0.05, 0.1) is 4.53 Å². The van der Waals surface area contributed by atoms with Crippen LogP contribution in [-0.2, 0) is 0 Å². The lowest BCUT2D eigenvalue weighted by molar-refractivity contribution is 0.628. The van der Waals surface area contributed by atoms with Gasteiger partial charge < -0.3 is 0 Å². The molecule has 0 aliphatic rings. The summed E-state index contributed by atoms with van der Waals surface area (Å²) in [6.45, 7) is 0. The number of benzene rings is 2. The quantitative estimate of drug-likeness (QED) is 0.542. The van der Waals surface area contributed by atoms with Gasteiger partial charge in [-0.1, -0.05) is 53.3 Å². The Balaban J connectivity index is 1.67. The molecule has 0 amide bonds. The molecule has 2 heterocycles. The van der Waals surface area contributed by atoms with Gasteiger partial charge in [0.2, 0.25) is 4.96 Å². The fourth-order valence-electron chi connectivity index (χ4n) is 2.41. The smallest absolute Gasteiger partial charge is 0.266 e. The molecule has 0 unspecified atom stereocenters. The number of aromatic nitrogens is 3. The molecule has 0 radical (unpaired) electrons. The zero-order chi connectivity index (χ0) is 18.1. The lowest BCUT2D eigenvalue weighted by Crippen LogP contribution is -2.23. The van der Waals surface area contributed by atoms with Crippen LogP contribution in [0.15, 0.2) is 53.3 Å². The van der Waals surface area contributed by atoms with Gasteiger partial charge in [-0.3, -0.25) is 4.79 Å². The molecule has 0 bridgehead atoms. The second-order valence-corrected chi connectivity index (χ2v) is 6.97. The van der Waals surface area contributed by atoms with Gasteiger partial charge in [0.15, 0.2) is 5.82 Å². The second-order valence-electron chi connectivity index (χ2n) is 5.52. The van der Waals surface area contributed by atoms with Crippen molar-refractivity contribution in [1.82, 2.24) is 14.6 Å². The van der Waals surface area contributed by atoms with E-state index in [-0.39, 0.29) is 11.4 Å². The van der Waals surface area contributed by atoms with Crippen molar-refractivity contribution in [1.29, 1.82) is 0 Å². The first-order chi connectivity index (χ1) is 12.6. The van der Waals surface area contributed by atoms with E-state index in [0.29, 0.717) is 20.3 Å². The van der Waals surface area contributed by atoms with Crippen molar-refractivity contribution in [3.63, 3.8) is 0 Å². The summed E-state index contributed by atoms with van der Waals surface area (Å²) in [5, 5.41) is 4.83.